The summed E-state index contributed by atoms with van der Waals surface area (Å²) < 4.78 is 10.8. The van der Waals surface area contributed by atoms with E-state index >= 15 is 0 Å². The van der Waals surface area contributed by atoms with Gasteiger partial charge in [0.15, 0.2) is 0 Å². The summed E-state index contributed by atoms with van der Waals surface area (Å²) in [6, 6.07) is 8.30. The largest absolute Gasteiger partial charge is 0.491 e. The Balaban J connectivity index is 1.39. The van der Waals surface area contributed by atoms with Gasteiger partial charge in [0.25, 0.3) is 5.91 Å². The first-order valence-electron chi connectivity index (χ1n) is 12.0. The number of carbonyl (C=O) groups is 1. The summed E-state index contributed by atoms with van der Waals surface area (Å²) in [5.74, 6) is 1.33. The molecule has 0 spiro atoms. The van der Waals surface area contributed by atoms with Crippen LogP contribution in [-0.2, 0) is 11.3 Å². The number of nitrogens with zero attached hydrogens (tertiary/aromatic N) is 3. The van der Waals surface area contributed by atoms with Crippen molar-refractivity contribution in [3.63, 3.8) is 0 Å². The number of carbonyl (C=O) groups excluding carboxylic acids is 1. The standard InChI is InChI=1S/C25H36N4O3/c1-31-14-15-32-22-10-6-8-20(16-22)18-28-11-7-9-21(19-28)24-23(17-26-27-24)25(30)29-12-4-2-3-5-13-29/h6,8,10,16-17,21H,2-5,7,9,11-15,18-19H2,1H3,(H,26,27)/t21-/m0/s1. The van der Waals surface area contributed by atoms with E-state index in [4.69, 9.17) is 9.47 Å². The predicted octanol–water partition coefficient (Wildman–Crippen LogP) is 3.83. The van der Waals surface area contributed by atoms with E-state index in [9.17, 15) is 4.79 Å². The van der Waals surface area contributed by atoms with Crippen molar-refractivity contribution in [3.05, 3.63) is 47.3 Å². The summed E-state index contributed by atoms with van der Waals surface area (Å²) in [5.41, 5.74) is 3.03. The summed E-state index contributed by atoms with van der Waals surface area (Å²) in [4.78, 5) is 17.7. The van der Waals surface area contributed by atoms with Gasteiger partial charge in [-0.2, -0.15) is 5.10 Å². The average Bonchev–Trinajstić information content (AvgIpc) is 3.14. The number of rotatable bonds is 8. The van der Waals surface area contributed by atoms with Crippen LogP contribution in [0, 0.1) is 0 Å². The lowest BCUT2D eigenvalue weighted by atomic mass is 9.92. The van der Waals surface area contributed by atoms with Gasteiger partial charge in [0.2, 0.25) is 0 Å². The first kappa shape index (κ1) is 22.8. The highest BCUT2D eigenvalue weighted by atomic mass is 16.5. The molecule has 2 aliphatic heterocycles. The molecule has 1 amide bonds. The van der Waals surface area contributed by atoms with Gasteiger partial charge in [-0.15, -0.1) is 0 Å². The summed E-state index contributed by atoms with van der Waals surface area (Å²) in [6.45, 7) is 5.74. The monoisotopic (exact) mass is 440 g/mol. The van der Waals surface area contributed by atoms with Gasteiger partial charge in [0.05, 0.1) is 24.1 Å². The highest BCUT2D eigenvalue weighted by Gasteiger charge is 2.29. The zero-order valence-corrected chi connectivity index (χ0v) is 19.2. The Morgan fingerprint density at radius 1 is 1.12 bits per heavy atom. The Bertz CT molecular complexity index is 860. The maximum atomic E-state index is 13.2. The van der Waals surface area contributed by atoms with E-state index in [2.05, 4.69) is 27.2 Å². The van der Waals surface area contributed by atoms with Crippen LogP contribution in [-0.4, -0.2) is 72.4 Å². The molecule has 2 fully saturated rings. The van der Waals surface area contributed by atoms with Gasteiger partial charge in [0.1, 0.15) is 12.4 Å². The molecule has 2 saturated heterocycles. The number of likely N-dealkylation sites (tertiary alicyclic amines) is 2. The molecule has 0 radical (unpaired) electrons. The lowest BCUT2D eigenvalue weighted by Gasteiger charge is -2.33. The van der Waals surface area contributed by atoms with Gasteiger partial charge >= 0.3 is 0 Å². The number of ether oxygens (including phenoxy) is 2. The normalized spacial score (nSPS) is 20.2. The molecule has 4 rings (SSSR count). The van der Waals surface area contributed by atoms with Crippen molar-refractivity contribution in [1.29, 1.82) is 0 Å². The number of amides is 1. The van der Waals surface area contributed by atoms with Crippen molar-refractivity contribution < 1.29 is 14.3 Å². The molecule has 7 nitrogen and oxygen atoms in total. The minimum Gasteiger partial charge on any atom is -0.491 e. The van der Waals surface area contributed by atoms with Crippen molar-refractivity contribution in [3.8, 4) is 5.75 Å². The molecule has 1 atom stereocenters. The highest BCUT2D eigenvalue weighted by molar-refractivity contribution is 5.95. The second-order valence-electron chi connectivity index (χ2n) is 8.97. The zero-order chi connectivity index (χ0) is 22.2. The number of piperidine rings is 1. The Morgan fingerprint density at radius 2 is 1.97 bits per heavy atom. The van der Waals surface area contributed by atoms with Crippen LogP contribution in [0.2, 0.25) is 0 Å². The third-order valence-electron chi connectivity index (χ3n) is 6.57. The Morgan fingerprint density at radius 3 is 2.78 bits per heavy atom. The van der Waals surface area contributed by atoms with Crippen LogP contribution in [0.1, 0.15) is 66.1 Å². The molecule has 2 aliphatic rings. The van der Waals surface area contributed by atoms with E-state index in [1.54, 1.807) is 13.3 Å². The van der Waals surface area contributed by atoms with Gasteiger partial charge in [-0.05, 0) is 49.9 Å². The Labute approximate surface area is 191 Å². The third kappa shape index (κ3) is 5.90. The minimum absolute atomic E-state index is 0.147. The zero-order valence-electron chi connectivity index (χ0n) is 19.2. The number of methoxy groups -OCH3 is 1. The van der Waals surface area contributed by atoms with Crippen molar-refractivity contribution in [2.24, 2.45) is 0 Å². The fourth-order valence-corrected chi connectivity index (χ4v) is 4.89. The number of hydrogen-bond donors (Lipinski definition) is 1. The van der Waals surface area contributed by atoms with E-state index in [0.29, 0.717) is 19.1 Å². The van der Waals surface area contributed by atoms with E-state index in [-0.39, 0.29) is 5.91 Å². The summed E-state index contributed by atoms with van der Waals surface area (Å²) in [5, 5.41) is 7.45. The molecule has 7 heteroatoms. The molecule has 0 aliphatic carbocycles. The SMILES string of the molecule is COCCOc1cccc(CN2CCC[C@H](c3[nH]ncc3C(=O)N3CCCCCC3)C2)c1. The second-order valence-corrected chi connectivity index (χ2v) is 8.97. The molecule has 3 heterocycles. The summed E-state index contributed by atoms with van der Waals surface area (Å²) in [6.07, 6.45) is 8.58. The van der Waals surface area contributed by atoms with E-state index < -0.39 is 0 Å². The van der Waals surface area contributed by atoms with Crippen LogP contribution in [0.5, 0.6) is 5.75 Å². The maximum Gasteiger partial charge on any atom is 0.257 e. The molecule has 0 bridgehead atoms. The molecule has 1 N–H and O–H groups in total. The first-order valence-corrected chi connectivity index (χ1v) is 12.0. The van der Waals surface area contributed by atoms with Gasteiger partial charge < -0.3 is 14.4 Å². The minimum atomic E-state index is 0.147. The average molecular weight is 441 g/mol. The number of nitrogens with one attached hydrogen (secondary N) is 1. The van der Waals surface area contributed by atoms with Crippen molar-refractivity contribution >= 4 is 5.91 Å². The number of H-pyrrole nitrogens is 1. The quantitative estimate of drug-likeness (QED) is 0.632. The lowest BCUT2D eigenvalue weighted by molar-refractivity contribution is 0.0759. The lowest BCUT2D eigenvalue weighted by Crippen LogP contribution is -2.36. The van der Waals surface area contributed by atoms with Crippen LogP contribution >= 0.6 is 0 Å². The molecule has 0 saturated carbocycles. The second kappa shape index (κ2) is 11.5. The third-order valence-corrected chi connectivity index (χ3v) is 6.57. The maximum absolute atomic E-state index is 13.2. The molecular formula is C25H36N4O3. The van der Waals surface area contributed by atoms with Gasteiger partial charge in [-0.3, -0.25) is 14.8 Å². The van der Waals surface area contributed by atoms with Crippen molar-refractivity contribution in [1.82, 2.24) is 20.0 Å². The summed E-state index contributed by atoms with van der Waals surface area (Å²) in [7, 11) is 1.68. The smallest absolute Gasteiger partial charge is 0.257 e. The Kier molecular flexibility index (Phi) is 8.18. The Hall–Kier alpha value is -2.38. The van der Waals surface area contributed by atoms with E-state index in [1.165, 1.54) is 18.4 Å². The van der Waals surface area contributed by atoms with Crippen LogP contribution in [0.15, 0.2) is 30.5 Å². The topological polar surface area (TPSA) is 70.7 Å². The number of aromatic amines is 1. The number of benzene rings is 1. The predicted molar refractivity (Wildman–Crippen MR) is 124 cm³/mol. The van der Waals surface area contributed by atoms with Gasteiger partial charge in [0, 0.05) is 39.2 Å². The highest BCUT2D eigenvalue weighted by Crippen LogP contribution is 2.30. The first-order chi connectivity index (χ1) is 15.7. The van der Waals surface area contributed by atoms with Crippen LogP contribution < -0.4 is 4.74 Å². The molecule has 0 unspecified atom stereocenters. The molecular weight excluding hydrogens is 404 g/mol. The fourth-order valence-electron chi connectivity index (χ4n) is 4.89. The van der Waals surface area contributed by atoms with Crippen LogP contribution in [0.25, 0.3) is 0 Å². The molecule has 174 valence electrons. The summed E-state index contributed by atoms with van der Waals surface area (Å²) >= 11 is 0. The fraction of sp³-hybridized carbons (Fsp3) is 0.600. The molecule has 1 aromatic heterocycles. The van der Waals surface area contributed by atoms with Crippen molar-refractivity contribution in [2.45, 2.75) is 51.0 Å². The van der Waals surface area contributed by atoms with Crippen LogP contribution in [0.4, 0.5) is 0 Å². The van der Waals surface area contributed by atoms with Gasteiger partial charge in [-0.25, -0.2) is 0 Å². The van der Waals surface area contributed by atoms with Crippen LogP contribution in [0.3, 0.4) is 0 Å². The number of aromatic nitrogens is 2. The van der Waals surface area contributed by atoms with E-state index in [0.717, 1.165) is 75.4 Å². The molecule has 1 aromatic carbocycles. The molecule has 32 heavy (non-hydrogen) atoms. The van der Waals surface area contributed by atoms with E-state index in [1.807, 2.05) is 17.0 Å². The van der Waals surface area contributed by atoms with Crippen molar-refractivity contribution in [2.75, 3.05) is 46.5 Å². The molecule has 2 aromatic rings. The number of hydrogen-bond acceptors (Lipinski definition) is 5. The van der Waals surface area contributed by atoms with Gasteiger partial charge in [-0.1, -0.05) is 25.0 Å².